The van der Waals surface area contributed by atoms with Crippen LogP contribution in [-0.4, -0.2) is 26.1 Å². The fourth-order valence-electron chi connectivity index (χ4n) is 2.52. The van der Waals surface area contributed by atoms with Crippen molar-refractivity contribution in [1.82, 2.24) is 19.6 Å². The first-order valence-corrected chi connectivity index (χ1v) is 6.91. The Hall–Kier alpha value is -1.65. The second-order valence-electron chi connectivity index (χ2n) is 5.75. The number of fused-ring (bicyclic) bond motifs is 1. The molecule has 0 bridgehead atoms. The molecule has 19 heavy (non-hydrogen) atoms. The summed E-state index contributed by atoms with van der Waals surface area (Å²) in [6, 6.07) is 0. The van der Waals surface area contributed by atoms with E-state index in [4.69, 9.17) is 0 Å². The molecule has 0 fully saturated rings. The summed E-state index contributed by atoms with van der Waals surface area (Å²) in [5.74, 6) is 3.60. The highest BCUT2D eigenvalue weighted by molar-refractivity contribution is 5.61. The number of nitrogens with one attached hydrogen (secondary N) is 1. The molecule has 0 saturated heterocycles. The van der Waals surface area contributed by atoms with E-state index in [1.807, 2.05) is 17.5 Å². The minimum atomic E-state index is 0.617. The minimum Gasteiger partial charge on any atom is -0.367 e. The van der Waals surface area contributed by atoms with Gasteiger partial charge in [0.15, 0.2) is 5.82 Å². The molecule has 2 heterocycles. The van der Waals surface area contributed by atoms with Gasteiger partial charge in [-0.25, -0.2) is 4.98 Å². The van der Waals surface area contributed by atoms with Gasteiger partial charge in [-0.3, -0.25) is 4.40 Å². The summed E-state index contributed by atoms with van der Waals surface area (Å²) >= 11 is 0. The van der Waals surface area contributed by atoms with Crippen LogP contribution in [0.5, 0.6) is 0 Å². The molecule has 0 aliphatic carbocycles. The molecular formula is C14H23N5. The van der Waals surface area contributed by atoms with Crippen LogP contribution in [0.2, 0.25) is 0 Å². The average Bonchev–Trinajstić information content (AvgIpc) is 2.71. The van der Waals surface area contributed by atoms with Gasteiger partial charge in [0, 0.05) is 18.9 Å². The Balaban J connectivity index is 2.17. The SMILES string of the molecule is Cc1nnc2c(NCC(C(C)C)C(C)C)nccn12. The summed E-state index contributed by atoms with van der Waals surface area (Å²) in [4.78, 5) is 4.38. The largest absolute Gasteiger partial charge is 0.367 e. The summed E-state index contributed by atoms with van der Waals surface area (Å²) in [5.41, 5.74) is 0.797. The van der Waals surface area contributed by atoms with E-state index in [1.165, 1.54) is 0 Å². The molecule has 5 heteroatoms. The van der Waals surface area contributed by atoms with Crippen molar-refractivity contribution in [2.45, 2.75) is 34.6 Å². The first kappa shape index (κ1) is 13.8. The van der Waals surface area contributed by atoms with Crippen LogP contribution in [0.25, 0.3) is 5.65 Å². The van der Waals surface area contributed by atoms with Crippen LogP contribution in [0.3, 0.4) is 0 Å². The van der Waals surface area contributed by atoms with Crippen LogP contribution >= 0.6 is 0 Å². The second kappa shape index (κ2) is 5.55. The van der Waals surface area contributed by atoms with Gasteiger partial charge >= 0.3 is 0 Å². The van der Waals surface area contributed by atoms with E-state index in [-0.39, 0.29) is 0 Å². The highest BCUT2D eigenvalue weighted by Gasteiger charge is 2.18. The van der Waals surface area contributed by atoms with Gasteiger partial charge in [-0.05, 0) is 24.7 Å². The number of anilines is 1. The number of hydrogen-bond donors (Lipinski definition) is 1. The van der Waals surface area contributed by atoms with Crippen LogP contribution in [0.1, 0.15) is 33.5 Å². The summed E-state index contributed by atoms with van der Waals surface area (Å²) in [5, 5.41) is 11.7. The number of nitrogens with zero attached hydrogens (tertiary/aromatic N) is 4. The van der Waals surface area contributed by atoms with Crippen LogP contribution in [0.15, 0.2) is 12.4 Å². The Bertz CT molecular complexity index is 536. The monoisotopic (exact) mass is 261 g/mol. The molecule has 0 atom stereocenters. The Labute approximate surface area is 114 Å². The molecule has 0 spiro atoms. The minimum absolute atomic E-state index is 0.617. The predicted octanol–water partition coefficient (Wildman–Crippen LogP) is 2.77. The fraction of sp³-hybridized carbons (Fsp3) is 0.643. The lowest BCUT2D eigenvalue weighted by molar-refractivity contribution is 0.304. The van der Waals surface area contributed by atoms with Crippen LogP contribution < -0.4 is 5.32 Å². The molecule has 0 unspecified atom stereocenters. The Morgan fingerprint density at radius 2 is 1.84 bits per heavy atom. The van der Waals surface area contributed by atoms with Gasteiger partial charge in [0.1, 0.15) is 5.82 Å². The van der Waals surface area contributed by atoms with E-state index in [1.54, 1.807) is 6.20 Å². The van der Waals surface area contributed by atoms with Crippen molar-refractivity contribution in [3.63, 3.8) is 0 Å². The third-order valence-corrected chi connectivity index (χ3v) is 3.72. The van der Waals surface area contributed by atoms with Gasteiger partial charge in [-0.15, -0.1) is 10.2 Å². The van der Waals surface area contributed by atoms with Crippen LogP contribution in [0, 0.1) is 24.7 Å². The zero-order valence-corrected chi connectivity index (χ0v) is 12.4. The van der Waals surface area contributed by atoms with E-state index in [2.05, 4.69) is 48.2 Å². The Morgan fingerprint density at radius 1 is 1.16 bits per heavy atom. The number of rotatable bonds is 5. The van der Waals surface area contributed by atoms with Crippen molar-refractivity contribution >= 4 is 11.5 Å². The van der Waals surface area contributed by atoms with Crippen LogP contribution in [0.4, 0.5) is 5.82 Å². The fourth-order valence-corrected chi connectivity index (χ4v) is 2.52. The standard InChI is InChI=1S/C14H23N5/c1-9(2)12(10(3)4)8-16-13-14-18-17-11(5)19(14)7-6-15-13/h6-7,9-10,12H,8H2,1-5H3,(H,15,16). The van der Waals surface area contributed by atoms with Gasteiger partial charge in [0.05, 0.1) is 0 Å². The van der Waals surface area contributed by atoms with Gasteiger partial charge < -0.3 is 5.32 Å². The highest BCUT2D eigenvalue weighted by Crippen LogP contribution is 2.21. The van der Waals surface area contributed by atoms with E-state index in [0.29, 0.717) is 17.8 Å². The van der Waals surface area contributed by atoms with Crippen molar-refractivity contribution in [3.05, 3.63) is 18.2 Å². The summed E-state index contributed by atoms with van der Waals surface area (Å²) in [6.45, 7) is 11.9. The van der Waals surface area contributed by atoms with E-state index in [0.717, 1.165) is 23.8 Å². The van der Waals surface area contributed by atoms with Crippen molar-refractivity contribution < 1.29 is 0 Å². The maximum atomic E-state index is 4.38. The summed E-state index contributed by atoms with van der Waals surface area (Å²) in [7, 11) is 0. The molecule has 0 saturated carbocycles. The van der Waals surface area contributed by atoms with E-state index < -0.39 is 0 Å². The van der Waals surface area contributed by atoms with Crippen molar-refractivity contribution in [3.8, 4) is 0 Å². The molecule has 2 aromatic heterocycles. The van der Waals surface area contributed by atoms with Crippen molar-refractivity contribution in [1.29, 1.82) is 0 Å². The smallest absolute Gasteiger partial charge is 0.203 e. The van der Waals surface area contributed by atoms with Gasteiger partial charge in [0.2, 0.25) is 5.65 Å². The maximum Gasteiger partial charge on any atom is 0.203 e. The third-order valence-electron chi connectivity index (χ3n) is 3.72. The number of aryl methyl sites for hydroxylation is 1. The molecule has 2 rings (SSSR count). The summed E-state index contributed by atoms with van der Waals surface area (Å²) < 4.78 is 1.95. The Morgan fingerprint density at radius 3 is 2.47 bits per heavy atom. The lowest BCUT2D eigenvalue weighted by Gasteiger charge is -2.25. The molecular weight excluding hydrogens is 238 g/mol. The predicted molar refractivity (Wildman–Crippen MR) is 77.2 cm³/mol. The lowest BCUT2D eigenvalue weighted by atomic mass is 9.85. The average molecular weight is 261 g/mol. The number of hydrogen-bond acceptors (Lipinski definition) is 4. The zero-order chi connectivity index (χ0) is 14.0. The first-order valence-electron chi connectivity index (χ1n) is 6.91. The first-order chi connectivity index (χ1) is 9.00. The number of aromatic nitrogens is 4. The molecule has 0 aromatic carbocycles. The van der Waals surface area contributed by atoms with E-state index >= 15 is 0 Å². The topological polar surface area (TPSA) is 55.1 Å². The lowest BCUT2D eigenvalue weighted by Crippen LogP contribution is -2.25. The highest BCUT2D eigenvalue weighted by atomic mass is 15.3. The van der Waals surface area contributed by atoms with Crippen molar-refractivity contribution in [2.24, 2.45) is 17.8 Å². The third kappa shape index (κ3) is 2.85. The van der Waals surface area contributed by atoms with E-state index in [9.17, 15) is 0 Å². The maximum absolute atomic E-state index is 4.38. The quantitative estimate of drug-likeness (QED) is 0.899. The molecule has 104 valence electrons. The molecule has 5 nitrogen and oxygen atoms in total. The van der Waals surface area contributed by atoms with Gasteiger partial charge in [-0.1, -0.05) is 27.7 Å². The van der Waals surface area contributed by atoms with Gasteiger partial charge in [0.25, 0.3) is 0 Å². The second-order valence-corrected chi connectivity index (χ2v) is 5.75. The molecule has 2 aromatic rings. The van der Waals surface area contributed by atoms with Crippen molar-refractivity contribution in [2.75, 3.05) is 11.9 Å². The van der Waals surface area contributed by atoms with Crippen LogP contribution in [-0.2, 0) is 0 Å². The Kier molecular flexibility index (Phi) is 4.02. The molecule has 0 aliphatic rings. The molecule has 0 radical (unpaired) electrons. The summed E-state index contributed by atoms with van der Waals surface area (Å²) in [6.07, 6.45) is 3.67. The zero-order valence-electron chi connectivity index (χ0n) is 12.4. The van der Waals surface area contributed by atoms with Gasteiger partial charge in [-0.2, -0.15) is 0 Å². The normalized spacial score (nSPS) is 12.0. The molecule has 0 amide bonds. The molecule has 0 aliphatic heterocycles. The molecule has 1 N–H and O–H groups in total.